The molecule has 1 heterocycles. The summed E-state index contributed by atoms with van der Waals surface area (Å²) in [7, 11) is 0. The second-order valence-electron chi connectivity index (χ2n) is 6.85. The monoisotopic (exact) mass is 384 g/mol. The summed E-state index contributed by atoms with van der Waals surface area (Å²) in [5, 5.41) is 3.36. The van der Waals surface area contributed by atoms with Gasteiger partial charge >= 0.3 is 6.03 Å². The summed E-state index contributed by atoms with van der Waals surface area (Å²) in [6.07, 6.45) is 0. The van der Waals surface area contributed by atoms with E-state index in [4.69, 9.17) is 16.3 Å². The van der Waals surface area contributed by atoms with Crippen LogP contribution < -0.4 is 10.1 Å². The molecule has 0 bridgehead atoms. The number of hydrogen-bond acceptors (Lipinski definition) is 3. The Hall–Kier alpha value is -2.79. The van der Waals surface area contributed by atoms with Crippen LogP contribution in [0.2, 0.25) is 5.02 Å². The molecular formula is C21H21ClN2O3. The lowest BCUT2D eigenvalue weighted by Gasteiger charge is -2.22. The number of carbonyl (C=O) groups is 2. The van der Waals surface area contributed by atoms with E-state index < -0.39 is 11.6 Å². The zero-order valence-electron chi connectivity index (χ0n) is 15.3. The number of nitrogens with zero attached hydrogens (tertiary/aromatic N) is 1. The highest BCUT2D eigenvalue weighted by Crippen LogP contribution is 2.31. The highest BCUT2D eigenvalue weighted by atomic mass is 35.5. The number of hydrogen-bond donors (Lipinski definition) is 1. The van der Waals surface area contributed by atoms with Gasteiger partial charge in [0, 0.05) is 5.02 Å². The quantitative estimate of drug-likeness (QED) is 0.598. The molecule has 2 aromatic rings. The molecule has 27 heavy (non-hydrogen) atoms. The van der Waals surface area contributed by atoms with Gasteiger partial charge in [0.05, 0.1) is 6.54 Å². The molecule has 1 saturated heterocycles. The van der Waals surface area contributed by atoms with Crippen LogP contribution in [0, 0.1) is 0 Å². The maximum Gasteiger partial charge on any atom is 0.325 e. The smallest absolute Gasteiger partial charge is 0.325 e. The topological polar surface area (TPSA) is 58.6 Å². The molecule has 1 aliphatic heterocycles. The second-order valence-corrected chi connectivity index (χ2v) is 7.28. The first kappa shape index (κ1) is 19.0. The van der Waals surface area contributed by atoms with Gasteiger partial charge in [-0.25, -0.2) is 4.79 Å². The summed E-state index contributed by atoms with van der Waals surface area (Å²) in [5.74, 6) is 0.376. The van der Waals surface area contributed by atoms with E-state index in [0.29, 0.717) is 22.9 Å². The zero-order chi connectivity index (χ0) is 19.6. The summed E-state index contributed by atoms with van der Waals surface area (Å²) in [4.78, 5) is 26.6. The van der Waals surface area contributed by atoms with Gasteiger partial charge in [0.25, 0.3) is 5.91 Å². The second kappa shape index (κ2) is 7.45. The van der Waals surface area contributed by atoms with Crippen LogP contribution in [0.5, 0.6) is 5.75 Å². The van der Waals surface area contributed by atoms with E-state index in [0.717, 1.165) is 11.1 Å². The first-order valence-electron chi connectivity index (χ1n) is 8.56. The number of urea groups is 1. The third-order valence-electron chi connectivity index (χ3n) is 4.42. The van der Waals surface area contributed by atoms with Crippen molar-refractivity contribution in [2.45, 2.75) is 25.9 Å². The lowest BCUT2D eigenvalue weighted by Crippen LogP contribution is -2.40. The Labute approximate surface area is 163 Å². The first-order valence-corrected chi connectivity index (χ1v) is 8.93. The van der Waals surface area contributed by atoms with Crippen molar-refractivity contribution in [2.75, 3.05) is 6.61 Å². The van der Waals surface area contributed by atoms with E-state index >= 15 is 0 Å². The van der Waals surface area contributed by atoms with Crippen molar-refractivity contribution < 1.29 is 14.3 Å². The fourth-order valence-electron chi connectivity index (χ4n) is 2.95. The van der Waals surface area contributed by atoms with Crippen LogP contribution in [0.15, 0.2) is 60.7 Å². The van der Waals surface area contributed by atoms with Gasteiger partial charge in [-0.15, -0.1) is 0 Å². The fraction of sp³-hybridized carbons (Fsp3) is 0.238. The molecule has 1 atom stereocenters. The van der Waals surface area contributed by atoms with Gasteiger partial charge in [0.1, 0.15) is 17.9 Å². The van der Waals surface area contributed by atoms with Crippen molar-refractivity contribution >= 4 is 23.5 Å². The SMILES string of the molecule is C=C(C)COc1ccc(C2(C)NC(=O)N(Cc3cccc(Cl)c3)C2=O)cc1. The predicted octanol–water partition coefficient (Wildman–Crippen LogP) is 4.26. The molecule has 3 amide bonds. The molecule has 0 saturated carbocycles. The average Bonchev–Trinajstić information content (AvgIpc) is 2.84. The maximum absolute atomic E-state index is 13.0. The molecule has 6 heteroatoms. The summed E-state index contributed by atoms with van der Waals surface area (Å²) in [6.45, 7) is 7.98. The summed E-state index contributed by atoms with van der Waals surface area (Å²) in [6, 6.07) is 13.8. The van der Waals surface area contributed by atoms with Crippen LogP contribution in [-0.4, -0.2) is 23.4 Å². The molecule has 2 aromatic carbocycles. The molecule has 0 spiro atoms. The molecule has 1 aliphatic rings. The number of benzene rings is 2. The third kappa shape index (κ3) is 3.98. The van der Waals surface area contributed by atoms with E-state index in [1.165, 1.54) is 4.90 Å². The van der Waals surface area contributed by atoms with Gasteiger partial charge in [-0.1, -0.05) is 42.4 Å². The first-order chi connectivity index (χ1) is 12.8. The van der Waals surface area contributed by atoms with E-state index in [9.17, 15) is 9.59 Å². The number of halogens is 1. The van der Waals surface area contributed by atoms with Gasteiger partial charge in [0.15, 0.2) is 0 Å². The Kier molecular flexibility index (Phi) is 5.24. The molecule has 0 aromatic heterocycles. The Morgan fingerprint density at radius 2 is 1.93 bits per heavy atom. The summed E-state index contributed by atoms with van der Waals surface area (Å²) < 4.78 is 5.58. The average molecular weight is 385 g/mol. The Morgan fingerprint density at radius 3 is 2.56 bits per heavy atom. The van der Waals surface area contributed by atoms with Crippen LogP contribution in [0.1, 0.15) is 25.0 Å². The van der Waals surface area contributed by atoms with E-state index in [1.54, 1.807) is 49.4 Å². The van der Waals surface area contributed by atoms with Crippen LogP contribution in [0.3, 0.4) is 0 Å². The summed E-state index contributed by atoms with van der Waals surface area (Å²) >= 11 is 5.99. The lowest BCUT2D eigenvalue weighted by molar-refractivity contribution is -0.131. The Bertz CT molecular complexity index is 895. The van der Waals surface area contributed by atoms with Crippen molar-refractivity contribution in [3.8, 4) is 5.75 Å². The highest BCUT2D eigenvalue weighted by Gasteiger charge is 2.48. The van der Waals surface area contributed by atoms with Crippen LogP contribution in [0.25, 0.3) is 0 Å². The number of imide groups is 1. The molecular weight excluding hydrogens is 364 g/mol. The lowest BCUT2D eigenvalue weighted by atomic mass is 9.92. The molecule has 3 rings (SSSR count). The molecule has 1 unspecified atom stereocenters. The minimum absolute atomic E-state index is 0.167. The van der Waals surface area contributed by atoms with Crippen molar-refractivity contribution in [1.82, 2.24) is 10.2 Å². The fourth-order valence-corrected chi connectivity index (χ4v) is 3.16. The maximum atomic E-state index is 13.0. The molecule has 1 fully saturated rings. The standard InChI is InChI=1S/C21H21ClN2O3/c1-14(2)13-27-18-9-7-16(8-10-18)21(3)19(25)24(20(26)23-21)12-15-5-4-6-17(22)11-15/h4-11H,1,12-13H2,2-3H3,(H,23,26). The summed E-state index contributed by atoms with van der Waals surface area (Å²) in [5.41, 5.74) is 1.28. The van der Waals surface area contributed by atoms with Gasteiger partial charge in [-0.05, 0) is 54.8 Å². The van der Waals surface area contributed by atoms with Gasteiger partial charge < -0.3 is 10.1 Å². The number of carbonyl (C=O) groups excluding carboxylic acids is 2. The predicted molar refractivity (Wildman–Crippen MR) is 105 cm³/mol. The van der Waals surface area contributed by atoms with Gasteiger partial charge in [0.2, 0.25) is 0 Å². The van der Waals surface area contributed by atoms with Crippen molar-refractivity contribution in [3.05, 3.63) is 76.8 Å². The largest absolute Gasteiger partial charge is 0.489 e. The molecule has 0 radical (unpaired) electrons. The molecule has 1 N–H and O–H groups in total. The highest BCUT2D eigenvalue weighted by molar-refractivity contribution is 6.30. The van der Waals surface area contributed by atoms with Crippen molar-refractivity contribution in [3.63, 3.8) is 0 Å². The number of ether oxygens (including phenoxy) is 1. The molecule has 0 aliphatic carbocycles. The van der Waals surface area contributed by atoms with Crippen molar-refractivity contribution in [2.24, 2.45) is 0 Å². The van der Waals surface area contributed by atoms with Crippen LogP contribution >= 0.6 is 11.6 Å². The van der Waals surface area contributed by atoms with E-state index in [-0.39, 0.29) is 12.5 Å². The van der Waals surface area contributed by atoms with E-state index in [1.807, 2.05) is 13.0 Å². The van der Waals surface area contributed by atoms with Crippen molar-refractivity contribution in [1.29, 1.82) is 0 Å². The van der Waals surface area contributed by atoms with Gasteiger partial charge in [-0.2, -0.15) is 0 Å². The minimum atomic E-state index is -1.12. The normalized spacial score (nSPS) is 19.1. The zero-order valence-corrected chi connectivity index (χ0v) is 16.0. The Balaban J connectivity index is 1.78. The number of rotatable bonds is 6. The van der Waals surface area contributed by atoms with Gasteiger partial charge in [-0.3, -0.25) is 9.69 Å². The molecule has 5 nitrogen and oxygen atoms in total. The third-order valence-corrected chi connectivity index (χ3v) is 4.66. The molecule has 140 valence electrons. The van der Waals surface area contributed by atoms with Crippen LogP contribution in [-0.2, 0) is 16.9 Å². The number of nitrogens with one attached hydrogen (secondary N) is 1. The van der Waals surface area contributed by atoms with E-state index in [2.05, 4.69) is 11.9 Å². The Morgan fingerprint density at radius 1 is 1.22 bits per heavy atom. The van der Waals surface area contributed by atoms with Crippen LogP contribution in [0.4, 0.5) is 4.79 Å². The number of amides is 3. The minimum Gasteiger partial charge on any atom is -0.489 e.